The zero-order chi connectivity index (χ0) is 13.7. The van der Waals surface area contributed by atoms with Gasteiger partial charge >= 0.3 is 0 Å². The van der Waals surface area contributed by atoms with E-state index in [9.17, 15) is 9.90 Å². The Morgan fingerprint density at radius 1 is 1.53 bits per heavy atom. The lowest BCUT2D eigenvalue weighted by molar-refractivity contribution is -0.130. The number of hydrogen-bond acceptors (Lipinski definition) is 4. The van der Waals surface area contributed by atoms with Crippen LogP contribution in [0.2, 0.25) is 0 Å². The first-order chi connectivity index (χ1) is 9.20. The number of methoxy groups -OCH3 is 1. The second-order valence-corrected chi connectivity index (χ2v) is 4.89. The van der Waals surface area contributed by atoms with Gasteiger partial charge in [0.25, 0.3) is 0 Å². The molecule has 0 bridgehead atoms. The highest BCUT2D eigenvalue weighted by atomic mass is 16.5. The minimum absolute atomic E-state index is 0.0135. The van der Waals surface area contributed by atoms with Crippen molar-refractivity contribution in [2.45, 2.75) is 38.0 Å². The van der Waals surface area contributed by atoms with Gasteiger partial charge in [-0.2, -0.15) is 0 Å². The Bertz CT molecular complexity index is 410. The number of carbonyl (C=O) groups excluding carboxylic acids is 1. The van der Waals surface area contributed by atoms with E-state index in [-0.39, 0.29) is 17.9 Å². The van der Waals surface area contributed by atoms with E-state index >= 15 is 0 Å². The molecule has 1 saturated carbocycles. The molecule has 0 radical (unpaired) electrons. The second kappa shape index (κ2) is 6.63. The van der Waals surface area contributed by atoms with E-state index in [2.05, 4.69) is 10.3 Å². The molecular weight excluding hydrogens is 244 g/mol. The fourth-order valence-electron chi connectivity index (χ4n) is 2.43. The van der Waals surface area contributed by atoms with Gasteiger partial charge in [-0.25, -0.2) is 0 Å². The van der Waals surface area contributed by atoms with Crippen molar-refractivity contribution in [1.82, 2.24) is 10.3 Å². The lowest BCUT2D eigenvalue weighted by atomic mass is 9.84. The molecule has 1 aliphatic carbocycles. The minimum atomic E-state index is -0.454. The Hall–Kier alpha value is -1.46. The molecule has 19 heavy (non-hydrogen) atoms. The maximum Gasteiger partial charge on any atom is 0.223 e. The van der Waals surface area contributed by atoms with Crippen molar-refractivity contribution in [2.24, 2.45) is 5.92 Å². The molecule has 5 nitrogen and oxygen atoms in total. The van der Waals surface area contributed by atoms with E-state index in [4.69, 9.17) is 4.74 Å². The van der Waals surface area contributed by atoms with E-state index < -0.39 is 6.10 Å². The highest BCUT2D eigenvalue weighted by molar-refractivity contribution is 5.78. The van der Waals surface area contributed by atoms with Crippen LogP contribution in [0.4, 0.5) is 0 Å². The highest BCUT2D eigenvalue weighted by Crippen LogP contribution is 2.26. The molecule has 1 aromatic heterocycles. The monoisotopic (exact) mass is 264 g/mol. The summed E-state index contributed by atoms with van der Waals surface area (Å²) in [6.07, 6.45) is 2.91. The fourth-order valence-corrected chi connectivity index (χ4v) is 2.43. The highest BCUT2D eigenvalue weighted by Gasteiger charge is 2.32. The third-order valence-electron chi connectivity index (χ3n) is 3.60. The van der Waals surface area contributed by atoms with Gasteiger partial charge in [0.05, 0.1) is 24.4 Å². The number of amides is 1. The fraction of sp³-hybridized carbons (Fsp3) is 0.571. The predicted molar refractivity (Wildman–Crippen MR) is 70.2 cm³/mol. The van der Waals surface area contributed by atoms with Crippen LogP contribution in [0.5, 0.6) is 0 Å². The van der Waals surface area contributed by atoms with Crippen LogP contribution in [0.15, 0.2) is 24.4 Å². The van der Waals surface area contributed by atoms with Crippen LogP contribution in [0, 0.1) is 5.92 Å². The number of carbonyl (C=O) groups is 1. The molecule has 1 aromatic rings. The molecule has 0 aromatic carbocycles. The first-order valence-corrected chi connectivity index (χ1v) is 6.59. The van der Waals surface area contributed by atoms with Crippen molar-refractivity contribution >= 4 is 5.91 Å². The summed E-state index contributed by atoms with van der Waals surface area (Å²) in [6.45, 7) is 0.441. The molecule has 0 spiro atoms. The van der Waals surface area contributed by atoms with Gasteiger partial charge in [0.2, 0.25) is 5.91 Å². The minimum Gasteiger partial charge on any atom is -0.390 e. The average Bonchev–Trinajstić information content (AvgIpc) is 2.46. The van der Waals surface area contributed by atoms with E-state index in [0.717, 1.165) is 5.69 Å². The number of nitrogens with zero attached hydrogens (tertiary/aromatic N) is 1. The van der Waals surface area contributed by atoms with Crippen LogP contribution >= 0.6 is 0 Å². The Morgan fingerprint density at radius 2 is 2.37 bits per heavy atom. The largest absolute Gasteiger partial charge is 0.390 e. The van der Waals surface area contributed by atoms with E-state index in [1.54, 1.807) is 13.3 Å². The van der Waals surface area contributed by atoms with Gasteiger partial charge in [0, 0.05) is 19.2 Å². The van der Waals surface area contributed by atoms with Gasteiger partial charge in [0.15, 0.2) is 0 Å². The molecule has 3 atom stereocenters. The predicted octanol–water partition coefficient (Wildman–Crippen LogP) is 0.874. The molecule has 2 rings (SSSR count). The Balaban J connectivity index is 1.83. The van der Waals surface area contributed by atoms with Crippen molar-refractivity contribution < 1.29 is 14.6 Å². The topological polar surface area (TPSA) is 71.5 Å². The molecule has 2 N–H and O–H groups in total. The van der Waals surface area contributed by atoms with Crippen molar-refractivity contribution in [1.29, 1.82) is 0 Å². The van der Waals surface area contributed by atoms with Crippen molar-refractivity contribution in [3.05, 3.63) is 30.1 Å². The van der Waals surface area contributed by atoms with E-state index in [1.165, 1.54) is 0 Å². The number of aliphatic hydroxyl groups excluding tert-OH is 1. The summed E-state index contributed by atoms with van der Waals surface area (Å²) in [5, 5.41) is 12.6. The summed E-state index contributed by atoms with van der Waals surface area (Å²) in [7, 11) is 1.57. The summed E-state index contributed by atoms with van der Waals surface area (Å²) in [5.74, 6) is -0.0725. The van der Waals surface area contributed by atoms with Crippen LogP contribution < -0.4 is 5.32 Å². The molecule has 0 unspecified atom stereocenters. The molecule has 104 valence electrons. The summed E-state index contributed by atoms with van der Waals surface area (Å²) in [5.41, 5.74) is 0.843. The average molecular weight is 264 g/mol. The van der Waals surface area contributed by atoms with Gasteiger partial charge in [-0.1, -0.05) is 6.07 Å². The third-order valence-corrected chi connectivity index (χ3v) is 3.60. The Kier molecular flexibility index (Phi) is 4.87. The molecule has 1 fully saturated rings. The first kappa shape index (κ1) is 14.0. The quantitative estimate of drug-likeness (QED) is 0.846. The molecule has 1 heterocycles. The van der Waals surface area contributed by atoms with Crippen molar-refractivity contribution in [3.63, 3.8) is 0 Å². The first-order valence-electron chi connectivity index (χ1n) is 6.59. The lowest BCUT2D eigenvalue weighted by Crippen LogP contribution is -2.41. The van der Waals surface area contributed by atoms with Crippen LogP contribution in [0.25, 0.3) is 0 Å². The summed E-state index contributed by atoms with van der Waals surface area (Å²) >= 11 is 0. The van der Waals surface area contributed by atoms with Crippen LogP contribution in [-0.2, 0) is 16.1 Å². The third kappa shape index (κ3) is 3.75. The van der Waals surface area contributed by atoms with Gasteiger partial charge in [-0.3, -0.25) is 9.78 Å². The SMILES string of the molecule is CO[C@@H]1C[C@H](C(=O)NCc2ccccn2)CC[C@@H]1O. The maximum absolute atomic E-state index is 12.1. The number of pyridine rings is 1. The Morgan fingerprint density at radius 3 is 3.05 bits per heavy atom. The number of aromatic nitrogens is 1. The molecule has 0 saturated heterocycles. The molecule has 1 aliphatic rings. The van der Waals surface area contributed by atoms with Crippen molar-refractivity contribution in [2.75, 3.05) is 7.11 Å². The molecule has 0 aliphatic heterocycles. The van der Waals surface area contributed by atoms with Gasteiger partial charge in [-0.15, -0.1) is 0 Å². The lowest BCUT2D eigenvalue weighted by Gasteiger charge is -2.31. The number of nitrogens with one attached hydrogen (secondary N) is 1. The van der Waals surface area contributed by atoms with Crippen molar-refractivity contribution in [3.8, 4) is 0 Å². The molecular formula is C14H20N2O3. The normalized spacial score (nSPS) is 26.9. The zero-order valence-corrected chi connectivity index (χ0v) is 11.1. The second-order valence-electron chi connectivity index (χ2n) is 4.89. The Labute approximate surface area is 113 Å². The summed E-state index contributed by atoms with van der Waals surface area (Å²) in [4.78, 5) is 16.2. The molecule has 5 heteroatoms. The number of aliphatic hydroxyl groups is 1. The standard InChI is InChI=1S/C14H20N2O3/c1-19-13-8-10(5-6-12(13)17)14(18)16-9-11-4-2-3-7-15-11/h2-4,7,10,12-13,17H,5-6,8-9H2,1H3,(H,16,18)/t10-,12+,13-/m1/s1. The van der Waals surface area contributed by atoms with Crippen LogP contribution in [0.3, 0.4) is 0 Å². The molecule has 1 amide bonds. The van der Waals surface area contributed by atoms with Crippen LogP contribution in [0.1, 0.15) is 25.0 Å². The zero-order valence-electron chi connectivity index (χ0n) is 11.1. The van der Waals surface area contributed by atoms with Gasteiger partial charge in [-0.05, 0) is 31.4 Å². The number of hydrogen-bond donors (Lipinski definition) is 2. The van der Waals surface area contributed by atoms with Gasteiger partial charge < -0.3 is 15.2 Å². The maximum atomic E-state index is 12.1. The smallest absolute Gasteiger partial charge is 0.223 e. The van der Waals surface area contributed by atoms with Crippen LogP contribution in [-0.4, -0.2) is 35.3 Å². The van der Waals surface area contributed by atoms with Gasteiger partial charge in [0.1, 0.15) is 0 Å². The summed E-state index contributed by atoms with van der Waals surface area (Å²) in [6, 6.07) is 5.62. The van der Waals surface area contributed by atoms with E-state index in [1.807, 2.05) is 18.2 Å². The number of ether oxygens (including phenoxy) is 1. The summed E-state index contributed by atoms with van der Waals surface area (Å²) < 4.78 is 5.20. The number of rotatable bonds is 4. The van der Waals surface area contributed by atoms with E-state index in [0.29, 0.717) is 25.8 Å².